The molecule has 6 nitrogen and oxygen atoms in total. The third-order valence-electron chi connectivity index (χ3n) is 3.67. The molecule has 0 radical (unpaired) electrons. The molecule has 1 fully saturated rings. The number of rotatable bonds is 1. The average Bonchev–Trinajstić information content (AvgIpc) is 2.68. The van der Waals surface area contributed by atoms with Gasteiger partial charge in [-0.15, -0.1) is 0 Å². The van der Waals surface area contributed by atoms with Gasteiger partial charge in [-0.2, -0.15) is 0 Å². The van der Waals surface area contributed by atoms with E-state index >= 15 is 0 Å². The molecular formula is C12H16N4O2. The molecule has 2 atom stereocenters. The van der Waals surface area contributed by atoms with Gasteiger partial charge in [0, 0.05) is 0 Å². The summed E-state index contributed by atoms with van der Waals surface area (Å²) in [4.78, 5) is 22.4. The lowest BCUT2D eigenvalue weighted by Gasteiger charge is -2.21. The fraction of sp³-hybridized carbons (Fsp3) is 0.583. The molecule has 0 aliphatic heterocycles. The summed E-state index contributed by atoms with van der Waals surface area (Å²) in [5.74, 6) is 0. The van der Waals surface area contributed by atoms with Crippen LogP contribution < -0.4 is 5.56 Å². The molecule has 3 rings (SSSR count). The Bertz CT molecular complexity index is 603. The number of aliphatic hydroxyl groups is 1. The van der Waals surface area contributed by atoms with E-state index in [9.17, 15) is 9.90 Å². The number of nitrogens with zero attached hydrogens (tertiary/aromatic N) is 3. The molecule has 0 aromatic carbocycles. The first kappa shape index (κ1) is 11.4. The van der Waals surface area contributed by atoms with Crippen LogP contribution in [0.4, 0.5) is 0 Å². The molecule has 0 unspecified atom stereocenters. The second-order valence-electron chi connectivity index (χ2n) is 4.83. The molecule has 0 bridgehead atoms. The fourth-order valence-corrected chi connectivity index (χ4v) is 2.70. The van der Waals surface area contributed by atoms with Crippen molar-refractivity contribution in [2.75, 3.05) is 0 Å². The van der Waals surface area contributed by atoms with E-state index in [2.05, 4.69) is 15.0 Å². The monoisotopic (exact) mass is 248 g/mol. The van der Waals surface area contributed by atoms with Crippen LogP contribution in [0.3, 0.4) is 0 Å². The summed E-state index contributed by atoms with van der Waals surface area (Å²) in [6.45, 7) is 0. The lowest BCUT2D eigenvalue weighted by molar-refractivity contribution is 0.107. The number of imidazole rings is 1. The quantitative estimate of drug-likeness (QED) is 0.737. The third-order valence-corrected chi connectivity index (χ3v) is 3.67. The molecule has 2 heterocycles. The summed E-state index contributed by atoms with van der Waals surface area (Å²) < 4.78 is 1.85. The predicted octanol–water partition coefficient (Wildman–Crippen LogP) is 0.986. The molecule has 1 saturated carbocycles. The summed E-state index contributed by atoms with van der Waals surface area (Å²) in [6.07, 6.45) is 7.61. The molecule has 6 heteroatoms. The molecule has 18 heavy (non-hydrogen) atoms. The van der Waals surface area contributed by atoms with Crippen molar-refractivity contribution in [3.05, 3.63) is 23.0 Å². The molecule has 0 spiro atoms. The number of aliphatic hydroxyl groups excluding tert-OH is 1. The summed E-state index contributed by atoms with van der Waals surface area (Å²) in [5, 5.41) is 10.2. The van der Waals surface area contributed by atoms with Gasteiger partial charge < -0.3 is 14.7 Å². The Balaban J connectivity index is 2.08. The first-order valence-corrected chi connectivity index (χ1v) is 6.35. The van der Waals surface area contributed by atoms with Gasteiger partial charge in [-0.1, -0.05) is 19.3 Å². The summed E-state index contributed by atoms with van der Waals surface area (Å²) >= 11 is 0. The Morgan fingerprint density at radius 3 is 3.00 bits per heavy atom. The molecule has 2 aromatic heterocycles. The van der Waals surface area contributed by atoms with Crippen molar-refractivity contribution >= 4 is 11.2 Å². The minimum absolute atomic E-state index is 0.0215. The van der Waals surface area contributed by atoms with E-state index in [4.69, 9.17) is 0 Å². The molecule has 1 aliphatic carbocycles. The minimum Gasteiger partial charge on any atom is -0.391 e. The molecule has 2 N–H and O–H groups in total. The van der Waals surface area contributed by atoms with Crippen LogP contribution in [0, 0.1) is 0 Å². The van der Waals surface area contributed by atoms with E-state index in [0.29, 0.717) is 11.2 Å². The second kappa shape index (κ2) is 4.53. The van der Waals surface area contributed by atoms with E-state index in [1.165, 1.54) is 6.33 Å². The van der Waals surface area contributed by atoms with E-state index in [-0.39, 0.29) is 17.7 Å². The Labute approximate surface area is 104 Å². The van der Waals surface area contributed by atoms with E-state index < -0.39 is 0 Å². The topological polar surface area (TPSA) is 83.8 Å². The summed E-state index contributed by atoms with van der Waals surface area (Å²) in [7, 11) is 0. The van der Waals surface area contributed by atoms with Gasteiger partial charge in [0.25, 0.3) is 5.56 Å². The highest BCUT2D eigenvalue weighted by atomic mass is 16.3. The van der Waals surface area contributed by atoms with Gasteiger partial charge in [0.05, 0.1) is 24.8 Å². The maximum atomic E-state index is 11.6. The third kappa shape index (κ3) is 1.82. The maximum absolute atomic E-state index is 11.6. The van der Waals surface area contributed by atoms with Gasteiger partial charge >= 0.3 is 0 Å². The van der Waals surface area contributed by atoms with Gasteiger partial charge in [-0.05, 0) is 12.8 Å². The van der Waals surface area contributed by atoms with Crippen LogP contribution >= 0.6 is 0 Å². The lowest BCUT2D eigenvalue weighted by atomic mass is 10.1. The number of hydrogen-bond donors (Lipinski definition) is 2. The average molecular weight is 248 g/mol. The molecule has 1 aliphatic rings. The first-order chi connectivity index (χ1) is 8.77. The highest BCUT2D eigenvalue weighted by Crippen LogP contribution is 2.29. The van der Waals surface area contributed by atoms with E-state index in [1.807, 2.05) is 4.57 Å². The molecule has 96 valence electrons. The van der Waals surface area contributed by atoms with Crippen molar-refractivity contribution < 1.29 is 5.11 Å². The number of nitrogens with one attached hydrogen (secondary N) is 1. The standard InChI is InChI=1S/C12H16N4O2/c17-9-5-3-1-2-4-8(9)16-7-15-10-11(16)13-6-14-12(10)18/h6-9,17H,1-5H2,(H,13,14,18)/t8-,9-/m1/s1. The van der Waals surface area contributed by atoms with Crippen molar-refractivity contribution in [3.8, 4) is 0 Å². The number of aromatic amines is 1. The second-order valence-corrected chi connectivity index (χ2v) is 4.83. The van der Waals surface area contributed by atoms with Crippen LogP contribution in [0.2, 0.25) is 0 Å². The van der Waals surface area contributed by atoms with Gasteiger partial charge in [0.15, 0.2) is 11.2 Å². The van der Waals surface area contributed by atoms with Gasteiger partial charge in [0.2, 0.25) is 0 Å². The number of aromatic nitrogens is 4. The van der Waals surface area contributed by atoms with E-state index in [0.717, 1.165) is 32.1 Å². The van der Waals surface area contributed by atoms with Gasteiger partial charge in [0.1, 0.15) is 0 Å². The predicted molar refractivity (Wildman–Crippen MR) is 66.3 cm³/mol. The van der Waals surface area contributed by atoms with E-state index in [1.54, 1.807) is 6.33 Å². The van der Waals surface area contributed by atoms with Crippen LogP contribution in [0.5, 0.6) is 0 Å². The summed E-state index contributed by atoms with van der Waals surface area (Å²) in [5.41, 5.74) is 0.667. The summed E-state index contributed by atoms with van der Waals surface area (Å²) in [6, 6.07) is -0.0215. The van der Waals surface area contributed by atoms with Crippen LogP contribution in [0.25, 0.3) is 11.2 Å². The van der Waals surface area contributed by atoms with Crippen LogP contribution in [-0.4, -0.2) is 30.7 Å². The zero-order chi connectivity index (χ0) is 12.5. The highest BCUT2D eigenvalue weighted by molar-refractivity contribution is 5.68. The Morgan fingerprint density at radius 1 is 1.28 bits per heavy atom. The van der Waals surface area contributed by atoms with Crippen LogP contribution in [0.1, 0.15) is 38.1 Å². The number of hydrogen-bond acceptors (Lipinski definition) is 4. The molecule has 0 saturated heterocycles. The van der Waals surface area contributed by atoms with Crippen LogP contribution in [0.15, 0.2) is 17.4 Å². The normalized spacial score (nSPS) is 25.2. The van der Waals surface area contributed by atoms with Crippen molar-refractivity contribution in [2.45, 2.75) is 44.2 Å². The maximum Gasteiger partial charge on any atom is 0.278 e. The Morgan fingerprint density at radius 2 is 2.11 bits per heavy atom. The van der Waals surface area contributed by atoms with Gasteiger partial charge in [-0.25, -0.2) is 9.97 Å². The zero-order valence-corrected chi connectivity index (χ0v) is 10.0. The van der Waals surface area contributed by atoms with Crippen molar-refractivity contribution in [1.82, 2.24) is 19.5 Å². The SMILES string of the molecule is O=c1[nH]cnc2c1ncn2[C@@H]1CCCCC[C@H]1O. The highest BCUT2D eigenvalue weighted by Gasteiger charge is 2.25. The Hall–Kier alpha value is -1.69. The largest absolute Gasteiger partial charge is 0.391 e. The Kier molecular flexibility index (Phi) is 2.87. The smallest absolute Gasteiger partial charge is 0.278 e. The van der Waals surface area contributed by atoms with Crippen molar-refractivity contribution in [2.24, 2.45) is 0 Å². The van der Waals surface area contributed by atoms with Crippen LogP contribution in [-0.2, 0) is 0 Å². The van der Waals surface area contributed by atoms with Gasteiger partial charge in [-0.3, -0.25) is 4.79 Å². The molecular weight excluding hydrogens is 232 g/mol. The number of fused-ring (bicyclic) bond motifs is 1. The lowest BCUT2D eigenvalue weighted by Crippen LogP contribution is -2.23. The van der Waals surface area contributed by atoms with Crippen molar-refractivity contribution in [1.29, 1.82) is 0 Å². The van der Waals surface area contributed by atoms with Crippen molar-refractivity contribution in [3.63, 3.8) is 0 Å². The fourth-order valence-electron chi connectivity index (χ4n) is 2.70. The first-order valence-electron chi connectivity index (χ1n) is 6.35. The molecule has 2 aromatic rings. The zero-order valence-electron chi connectivity index (χ0n) is 10.0. The minimum atomic E-state index is -0.383. The molecule has 0 amide bonds. The number of H-pyrrole nitrogens is 1.